The number of rotatable bonds is 2. The lowest BCUT2D eigenvalue weighted by atomic mass is 9.94. The summed E-state index contributed by atoms with van der Waals surface area (Å²) < 4.78 is 0.812. The van der Waals surface area contributed by atoms with E-state index in [0.29, 0.717) is 6.42 Å². The summed E-state index contributed by atoms with van der Waals surface area (Å²) in [7, 11) is 0. The molecule has 1 aromatic carbocycles. The van der Waals surface area contributed by atoms with Crippen LogP contribution in [0.25, 0.3) is 0 Å². The van der Waals surface area contributed by atoms with Crippen molar-refractivity contribution in [3.8, 4) is 0 Å². The zero-order valence-electron chi connectivity index (χ0n) is 10.4. The summed E-state index contributed by atoms with van der Waals surface area (Å²) in [5.41, 5.74) is -0.0815. The summed E-state index contributed by atoms with van der Waals surface area (Å²) in [6, 6.07) is 7.42. The van der Waals surface area contributed by atoms with Crippen molar-refractivity contribution in [1.82, 2.24) is 5.32 Å². The molecule has 0 aliphatic carbocycles. The minimum atomic E-state index is -0.815. The third-order valence-electron chi connectivity index (χ3n) is 3.28. The Morgan fingerprint density at radius 1 is 1.39 bits per heavy atom. The number of nitrogens with zero attached hydrogens (tertiary/aromatic N) is 1. The lowest BCUT2D eigenvalue weighted by Crippen LogP contribution is -2.65. The predicted octanol–water partition coefficient (Wildman–Crippen LogP) is 2.08. The third kappa shape index (κ3) is 2.14. The Hall–Kier alpha value is -1.36. The third-order valence-corrected chi connectivity index (χ3v) is 3.96. The molecule has 96 valence electrons. The summed E-state index contributed by atoms with van der Waals surface area (Å²) in [5.74, 6) is -0.203. The first-order valence-corrected chi connectivity index (χ1v) is 6.65. The Labute approximate surface area is 114 Å². The van der Waals surface area contributed by atoms with Crippen molar-refractivity contribution in [3.63, 3.8) is 0 Å². The number of benzene rings is 1. The highest BCUT2D eigenvalue weighted by molar-refractivity contribution is 9.10. The first kappa shape index (κ1) is 13.1. The van der Waals surface area contributed by atoms with E-state index in [1.807, 2.05) is 31.2 Å². The van der Waals surface area contributed by atoms with Gasteiger partial charge in [0.15, 0.2) is 0 Å². The molecule has 1 atom stereocenters. The Bertz CT molecular complexity index is 504. The van der Waals surface area contributed by atoms with Crippen molar-refractivity contribution in [2.24, 2.45) is 0 Å². The van der Waals surface area contributed by atoms with Crippen LogP contribution < -0.4 is 10.2 Å². The average molecular weight is 311 g/mol. The van der Waals surface area contributed by atoms with Gasteiger partial charge >= 0.3 is 0 Å². The molecule has 0 spiro atoms. The number of hydrogen-bond donors (Lipinski definition) is 1. The summed E-state index contributed by atoms with van der Waals surface area (Å²) >= 11 is 3.41. The number of hydrogen-bond acceptors (Lipinski definition) is 2. The molecular weight excluding hydrogens is 296 g/mol. The smallest absolute Gasteiger partial charge is 0.252 e. The van der Waals surface area contributed by atoms with Gasteiger partial charge in [0, 0.05) is 4.47 Å². The van der Waals surface area contributed by atoms with E-state index >= 15 is 0 Å². The van der Waals surface area contributed by atoms with Crippen molar-refractivity contribution < 1.29 is 9.59 Å². The number of halogens is 1. The van der Waals surface area contributed by atoms with E-state index < -0.39 is 5.54 Å². The van der Waals surface area contributed by atoms with Gasteiger partial charge in [-0.25, -0.2) is 0 Å². The number of carbonyl (C=O) groups excluding carboxylic acids is 2. The fourth-order valence-electron chi connectivity index (χ4n) is 2.02. The van der Waals surface area contributed by atoms with Crippen LogP contribution in [0.1, 0.15) is 20.3 Å². The predicted molar refractivity (Wildman–Crippen MR) is 73.3 cm³/mol. The number of amides is 2. The molecule has 0 saturated carbocycles. The maximum Gasteiger partial charge on any atom is 0.252 e. The first-order valence-electron chi connectivity index (χ1n) is 5.85. The Morgan fingerprint density at radius 3 is 2.67 bits per heavy atom. The van der Waals surface area contributed by atoms with E-state index in [1.54, 1.807) is 6.92 Å². The molecule has 5 heteroatoms. The van der Waals surface area contributed by atoms with Crippen LogP contribution in [0, 0.1) is 0 Å². The van der Waals surface area contributed by atoms with E-state index in [1.165, 1.54) is 4.90 Å². The van der Waals surface area contributed by atoms with Gasteiger partial charge in [-0.2, -0.15) is 0 Å². The molecule has 1 aromatic rings. The van der Waals surface area contributed by atoms with Gasteiger partial charge in [0.2, 0.25) is 5.91 Å². The second-order valence-electron chi connectivity index (χ2n) is 4.58. The summed E-state index contributed by atoms with van der Waals surface area (Å²) in [4.78, 5) is 25.8. The van der Waals surface area contributed by atoms with Gasteiger partial charge in [-0.3, -0.25) is 14.5 Å². The van der Waals surface area contributed by atoms with Crippen LogP contribution in [0.2, 0.25) is 0 Å². The van der Waals surface area contributed by atoms with Gasteiger partial charge in [0.05, 0.1) is 5.69 Å². The topological polar surface area (TPSA) is 49.4 Å². The van der Waals surface area contributed by atoms with Crippen molar-refractivity contribution in [3.05, 3.63) is 28.7 Å². The second-order valence-corrected chi connectivity index (χ2v) is 5.43. The minimum absolute atomic E-state index is 0.0665. The Balaban J connectivity index is 2.42. The minimum Gasteiger partial charge on any atom is -0.340 e. The molecule has 18 heavy (non-hydrogen) atoms. The van der Waals surface area contributed by atoms with E-state index in [2.05, 4.69) is 21.2 Å². The lowest BCUT2D eigenvalue weighted by Gasteiger charge is -2.39. The molecule has 2 amide bonds. The highest BCUT2D eigenvalue weighted by Gasteiger charge is 2.42. The monoisotopic (exact) mass is 310 g/mol. The molecule has 1 fully saturated rings. The quantitative estimate of drug-likeness (QED) is 0.909. The standard InChI is InChI=1S/C13H15BrN2O2/c1-3-13(2)12(18)16(8-11(17)15-13)10-7-5-4-6-9(10)14/h4-7H,3,8H2,1-2H3,(H,15,17). The highest BCUT2D eigenvalue weighted by Crippen LogP contribution is 2.29. The van der Waals surface area contributed by atoms with Crippen molar-refractivity contribution in [2.45, 2.75) is 25.8 Å². The van der Waals surface area contributed by atoms with E-state index in [4.69, 9.17) is 0 Å². The van der Waals surface area contributed by atoms with Gasteiger partial charge in [-0.05, 0) is 41.4 Å². The molecule has 2 rings (SSSR count). The number of para-hydroxylation sites is 1. The van der Waals surface area contributed by atoms with Crippen LogP contribution >= 0.6 is 15.9 Å². The van der Waals surface area contributed by atoms with E-state index in [9.17, 15) is 9.59 Å². The maximum absolute atomic E-state index is 12.5. The van der Waals surface area contributed by atoms with Gasteiger partial charge < -0.3 is 5.32 Å². The fraction of sp³-hybridized carbons (Fsp3) is 0.385. The Morgan fingerprint density at radius 2 is 2.06 bits per heavy atom. The molecule has 1 heterocycles. The molecule has 1 aliphatic heterocycles. The van der Waals surface area contributed by atoms with Crippen LogP contribution in [0.5, 0.6) is 0 Å². The molecule has 0 aromatic heterocycles. The lowest BCUT2D eigenvalue weighted by molar-refractivity contribution is -0.135. The molecule has 1 saturated heterocycles. The Kier molecular flexibility index (Phi) is 3.43. The zero-order valence-corrected chi connectivity index (χ0v) is 12.0. The fourth-order valence-corrected chi connectivity index (χ4v) is 2.52. The highest BCUT2D eigenvalue weighted by atomic mass is 79.9. The van der Waals surface area contributed by atoms with Crippen molar-refractivity contribution >= 4 is 33.4 Å². The summed E-state index contributed by atoms with van der Waals surface area (Å²) in [6.07, 6.45) is 0.568. The number of piperazine rings is 1. The largest absolute Gasteiger partial charge is 0.340 e. The van der Waals surface area contributed by atoms with Crippen LogP contribution in [-0.4, -0.2) is 23.9 Å². The molecule has 1 unspecified atom stereocenters. The summed E-state index contributed by atoms with van der Waals surface area (Å²) in [6.45, 7) is 3.72. The van der Waals surface area contributed by atoms with Crippen LogP contribution in [0.4, 0.5) is 5.69 Å². The van der Waals surface area contributed by atoms with Gasteiger partial charge in [0.25, 0.3) is 5.91 Å². The molecule has 1 N–H and O–H groups in total. The number of carbonyl (C=O) groups is 2. The SMILES string of the molecule is CCC1(C)NC(=O)CN(c2ccccc2Br)C1=O. The molecular formula is C13H15BrN2O2. The second kappa shape index (κ2) is 4.72. The van der Waals surface area contributed by atoms with Gasteiger partial charge in [-0.1, -0.05) is 19.1 Å². The normalized spacial score (nSPS) is 24.1. The van der Waals surface area contributed by atoms with E-state index in [-0.39, 0.29) is 18.4 Å². The molecule has 0 radical (unpaired) electrons. The maximum atomic E-state index is 12.5. The first-order chi connectivity index (χ1) is 8.48. The zero-order chi connectivity index (χ0) is 13.3. The number of anilines is 1. The number of nitrogens with one attached hydrogen (secondary N) is 1. The molecule has 0 bridgehead atoms. The van der Waals surface area contributed by atoms with E-state index in [0.717, 1.165) is 10.2 Å². The van der Waals surface area contributed by atoms with Crippen molar-refractivity contribution in [1.29, 1.82) is 0 Å². The molecule has 1 aliphatic rings. The average Bonchev–Trinajstić information content (AvgIpc) is 2.35. The van der Waals surface area contributed by atoms with Gasteiger partial charge in [-0.15, -0.1) is 0 Å². The van der Waals surface area contributed by atoms with Crippen molar-refractivity contribution in [2.75, 3.05) is 11.4 Å². The summed E-state index contributed by atoms with van der Waals surface area (Å²) in [5, 5.41) is 2.77. The molecule has 4 nitrogen and oxygen atoms in total. The van der Waals surface area contributed by atoms with Crippen LogP contribution in [-0.2, 0) is 9.59 Å². The van der Waals surface area contributed by atoms with Gasteiger partial charge in [0.1, 0.15) is 12.1 Å². The van der Waals surface area contributed by atoms with Crippen LogP contribution in [0.3, 0.4) is 0 Å². The van der Waals surface area contributed by atoms with Crippen LogP contribution in [0.15, 0.2) is 28.7 Å².